The second-order valence-corrected chi connectivity index (χ2v) is 6.17. The summed E-state index contributed by atoms with van der Waals surface area (Å²) in [7, 11) is 0. The maximum atomic E-state index is 10.2. The SMILES string of the molecule is Cc1csc(C2C[C@@H](O)c3ccc(Br)cc3O2)n1. The number of aryl methyl sites for hydroxylation is 1. The molecule has 0 saturated heterocycles. The smallest absolute Gasteiger partial charge is 0.153 e. The van der Waals surface area contributed by atoms with E-state index in [2.05, 4.69) is 20.9 Å². The third-order valence-electron chi connectivity index (χ3n) is 2.95. The minimum absolute atomic E-state index is 0.152. The van der Waals surface area contributed by atoms with Crippen molar-refractivity contribution >= 4 is 27.3 Å². The Kier molecular flexibility index (Phi) is 3.13. The number of rotatable bonds is 1. The number of ether oxygens (including phenoxy) is 1. The predicted molar refractivity (Wildman–Crippen MR) is 73.9 cm³/mol. The van der Waals surface area contributed by atoms with Crippen LogP contribution in [0.2, 0.25) is 0 Å². The number of benzene rings is 1. The lowest BCUT2D eigenvalue weighted by molar-refractivity contribution is 0.0655. The summed E-state index contributed by atoms with van der Waals surface area (Å²) in [5.41, 5.74) is 1.84. The average molecular weight is 326 g/mol. The molecule has 1 N–H and O–H groups in total. The molecule has 2 atom stereocenters. The second-order valence-electron chi connectivity index (χ2n) is 4.37. The Hall–Kier alpha value is -0.910. The van der Waals surface area contributed by atoms with Crippen molar-refractivity contribution in [2.75, 3.05) is 0 Å². The monoisotopic (exact) mass is 325 g/mol. The average Bonchev–Trinajstić information content (AvgIpc) is 2.75. The fourth-order valence-corrected chi connectivity index (χ4v) is 3.26. The Labute approximate surface area is 118 Å². The van der Waals surface area contributed by atoms with E-state index in [0.29, 0.717) is 6.42 Å². The number of hydrogen-bond acceptors (Lipinski definition) is 4. The van der Waals surface area contributed by atoms with Crippen LogP contribution in [-0.2, 0) is 0 Å². The first-order chi connectivity index (χ1) is 8.63. The van der Waals surface area contributed by atoms with E-state index in [9.17, 15) is 5.11 Å². The maximum Gasteiger partial charge on any atom is 0.153 e. The second kappa shape index (κ2) is 4.64. The normalized spacial score (nSPS) is 22.4. The van der Waals surface area contributed by atoms with Crippen molar-refractivity contribution in [2.45, 2.75) is 25.6 Å². The highest BCUT2D eigenvalue weighted by Gasteiger charge is 2.29. The van der Waals surface area contributed by atoms with Crippen LogP contribution in [0.4, 0.5) is 0 Å². The number of aromatic nitrogens is 1. The van der Waals surface area contributed by atoms with Crippen molar-refractivity contribution in [3.05, 3.63) is 44.3 Å². The van der Waals surface area contributed by atoms with E-state index in [-0.39, 0.29) is 6.10 Å². The molecule has 1 aromatic carbocycles. The molecular formula is C13H12BrNO2S. The molecule has 3 rings (SSSR count). The van der Waals surface area contributed by atoms with Crippen LogP contribution in [0, 0.1) is 6.92 Å². The van der Waals surface area contributed by atoms with E-state index in [1.54, 1.807) is 11.3 Å². The summed E-state index contributed by atoms with van der Waals surface area (Å²) in [4.78, 5) is 4.43. The zero-order valence-electron chi connectivity index (χ0n) is 9.76. The summed E-state index contributed by atoms with van der Waals surface area (Å²) in [6.45, 7) is 1.96. The van der Waals surface area contributed by atoms with Crippen molar-refractivity contribution < 1.29 is 9.84 Å². The van der Waals surface area contributed by atoms with Gasteiger partial charge < -0.3 is 9.84 Å². The van der Waals surface area contributed by atoms with E-state index in [1.807, 2.05) is 30.5 Å². The van der Waals surface area contributed by atoms with Gasteiger partial charge in [0.15, 0.2) is 6.10 Å². The van der Waals surface area contributed by atoms with Crippen LogP contribution in [0.5, 0.6) is 5.75 Å². The van der Waals surface area contributed by atoms with Gasteiger partial charge in [0.05, 0.1) is 6.10 Å². The molecule has 3 nitrogen and oxygen atoms in total. The van der Waals surface area contributed by atoms with Crippen LogP contribution in [-0.4, -0.2) is 10.1 Å². The van der Waals surface area contributed by atoms with Crippen LogP contribution in [0.3, 0.4) is 0 Å². The van der Waals surface area contributed by atoms with Crippen molar-refractivity contribution in [2.24, 2.45) is 0 Å². The molecule has 94 valence electrons. The fourth-order valence-electron chi connectivity index (χ4n) is 2.09. The molecular weight excluding hydrogens is 314 g/mol. The molecule has 0 spiro atoms. The van der Waals surface area contributed by atoms with Crippen LogP contribution in [0.1, 0.15) is 34.9 Å². The van der Waals surface area contributed by atoms with Gasteiger partial charge in [-0.3, -0.25) is 0 Å². The van der Waals surface area contributed by atoms with Gasteiger partial charge in [-0.05, 0) is 19.1 Å². The molecule has 2 aromatic rings. The van der Waals surface area contributed by atoms with Crippen LogP contribution < -0.4 is 4.74 Å². The molecule has 0 bridgehead atoms. The van der Waals surface area contributed by atoms with E-state index in [1.165, 1.54) is 0 Å². The Bertz CT molecular complexity index is 584. The van der Waals surface area contributed by atoms with E-state index in [4.69, 9.17) is 4.74 Å². The zero-order valence-corrected chi connectivity index (χ0v) is 12.2. The van der Waals surface area contributed by atoms with Gasteiger partial charge in [0.25, 0.3) is 0 Å². The third kappa shape index (κ3) is 2.18. The lowest BCUT2D eigenvalue weighted by atomic mass is 9.99. The van der Waals surface area contributed by atoms with Gasteiger partial charge in [-0.15, -0.1) is 11.3 Å². The molecule has 1 aliphatic heterocycles. The van der Waals surface area contributed by atoms with Gasteiger partial charge in [-0.1, -0.05) is 22.0 Å². The largest absolute Gasteiger partial charge is 0.483 e. The Morgan fingerprint density at radius 1 is 1.50 bits per heavy atom. The molecule has 0 fully saturated rings. The molecule has 1 aliphatic rings. The van der Waals surface area contributed by atoms with Crippen LogP contribution in [0.15, 0.2) is 28.1 Å². The van der Waals surface area contributed by atoms with Crippen molar-refractivity contribution in [3.63, 3.8) is 0 Å². The van der Waals surface area contributed by atoms with Gasteiger partial charge in [0.1, 0.15) is 10.8 Å². The first-order valence-electron chi connectivity index (χ1n) is 5.69. The summed E-state index contributed by atoms with van der Waals surface area (Å²) < 4.78 is 6.89. The first kappa shape index (κ1) is 12.1. The topological polar surface area (TPSA) is 42.4 Å². The predicted octanol–water partition coefficient (Wildman–Crippen LogP) is 3.77. The summed E-state index contributed by atoms with van der Waals surface area (Å²) in [6.07, 6.45) is -0.0849. The summed E-state index contributed by atoms with van der Waals surface area (Å²) >= 11 is 4.99. The molecule has 1 aromatic heterocycles. The van der Waals surface area contributed by atoms with Gasteiger partial charge in [-0.25, -0.2) is 4.98 Å². The molecule has 2 heterocycles. The molecule has 0 saturated carbocycles. The Balaban J connectivity index is 1.95. The highest BCUT2D eigenvalue weighted by molar-refractivity contribution is 9.10. The van der Waals surface area contributed by atoms with Gasteiger partial charge >= 0.3 is 0 Å². The number of aliphatic hydroxyl groups is 1. The van der Waals surface area contributed by atoms with E-state index >= 15 is 0 Å². The van der Waals surface area contributed by atoms with Crippen LogP contribution in [0.25, 0.3) is 0 Å². The van der Waals surface area contributed by atoms with Crippen molar-refractivity contribution in [1.82, 2.24) is 4.98 Å². The standard InChI is InChI=1S/C13H12BrNO2S/c1-7-6-18-13(15-7)12-5-10(16)9-3-2-8(14)4-11(9)17-12/h2-4,6,10,12,16H,5H2,1H3/t10-,12?/m1/s1. The lowest BCUT2D eigenvalue weighted by Crippen LogP contribution is -2.18. The fraction of sp³-hybridized carbons (Fsp3) is 0.308. The van der Waals surface area contributed by atoms with Crippen molar-refractivity contribution in [1.29, 1.82) is 0 Å². The van der Waals surface area contributed by atoms with E-state index in [0.717, 1.165) is 26.5 Å². The summed E-state index contributed by atoms with van der Waals surface area (Å²) in [6, 6.07) is 5.71. The number of aliphatic hydroxyl groups excluding tert-OH is 1. The third-order valence-corrected chi connectivity index (χ3v) is 4.50. The van der Waals surface area contributed by atoms with E-state index < -0.39 is 6.10 Å². The Morgan fingerprint density at radius 2 is 2.33 bits per heavy atom. The van der Waals surface area contributed by atoms with Gasteiger partial charge in [0.2, 0.25) is 0 Å². The number of fused-ring (bicyclic) bond motifs is 1. The lowest BCUT2D eigenvalue weighted by Gasteiger charge is -2.28. The number of halogens is 1. The first-order valence-corrected chi connectivity index (χ1v) is 7.37. The summed E-state index contributed by atoms with van der Waals surface area (Å²) in [5, 5.41) is 13.1. The molecule has 0 amide bonds. The Morgan fingerprint density at radius 3 is 3.06 bits per heavy atom. The van der Waals surface area contributed by atoms with Crippen molar-refractivity contribution in [3.8, 4) is 5.75 Å². The zero-order chi connectivity index (χ0) is 12.7. The number of thiazole rings is 1. The quantitative estimate of drug-likeness (QED) is 0.867. The highest BCUT2D eigenvalue weighted by Crippen LogP contribution is 2.42. The minimum atomic E-state index is -0.490. The minimum Gasteiger partial charge on any atom is -0.483 e. The van der Waals surface area contributed by atoms with Gasteiger partial charge in [0, 0.05) is 27.5 Å². The maximum absolute atomic E-state index is 10.2. The van der Waals surface area contributed by atoms with Gasteiger partial charge in [-0.2, -0.15) is 0 Å². The summed E-state index contributed by atoms with van der Waals surface area (Å²) in [5.74, 6) is 0.737. The number of nitrogens with zero attached hydrogens (tertiary/aromatic N) is 1. The molecule has 0 aliphatic carbocycles. The molecule has 5 heteroatoms. The molecule has 0 radical (unpaired) electrons. The molecule has 18 heavy (non-hydrogen) atoms. The highest BCUT2D eigenvalue weighted by atomic mass is 79.9. The van der Waals surface area contributed by atoms with Crippen LogP contribution >= 0.6 is 27.3 Å². The molecule has 1 unspecified atom stereocenters. The number of hydrogen-bond donors (Lipinski definition) is 1.